The largest absolute Gasteiger partial charge is 0.462 e. The van der Waals surface area contributed by atoms with Gasteiger partial charge in [0.05, 0.1) is 17.1 Å². The van der Waals surface area contributed by atoms with E-state index in [1.807, 2.05) is 0 Å². The fourth-order valence-electron chi connectivity index (χ4n) is 2.20. The van der Waals surface area contributed by atoms with Crippen molar-refractivity contribution in [2.24, 2.45) is 5.92 Å². The standard InChI is InChI=1S/C14H17ClO5S/c1-10-6-12(8-13(7-10)21(15,17)18)14(16)20-9-11-2-4-19-5-3-11/h6-8,11H,2-5,9H2,1H3. The molecule has 0 N–H and O–H groups in total. The highest BCUT2D eigenvalue weighted by molar-refractivity contribution is 8.13. The number of esters is 1. The summed E-state index contributed by atoms with van der Waals surface area (Å²) in [6.07, 6.45) is 1.73. The average Bonchev–Trinajstić information content (AvgIpc) is 2.44. The van der Waals surface area contributed by atoms with Crippen LogP contribution in [0.1, 0.15) is 28.8 Å². The molecule has 1 heterocycles. The number of aryl methyl sites for hydroxylation is 1. The number of halogens is 1. The van der Waals surface area contributed by atoms with Gasteiger partial charge in [-0.15, -0.1) is 0 Å². The molecule has 0 bridgehead atoms. The van der Waals surface area contributed by atoms with E-state index >= 15 is 0 Å². The van der Waals surface area contributed by atoms with Gasteiger partial charge in [0.2, 0.25) is 0 Å². The van der Waals surface area contributed by atoms with Crippen molar-refractivity contribution < 1.29 is 22.7 Å². The fraction of sp³-hybridized carbons (Fsp3) is 0.500. The van der Waals surface area contributed by atoms with Crippen molar-refractivity contribution in [1.29, 1.82) is 0 Å². The monoisotopic (exact) mass is 332 g/mol. The SMILES string of the molecule is Cc1cc(C(=O)OCC2CCOCC2)cc(S(=O)(=O)Cl)c1. The minimum absolute atomic E-state index is 0.0952. The van der Waals surface area contributed by atoms with Gasteiger partial charge in [0.1, 0.15) is 0 Å². The van der Waals surface area contributed by atoms with Crippen molar-refractivity contribution >= 4 is 25.7 Å². The van der Waals surface area contributed by atoms with Gasteiger partial charge in [-0.05, 0) is 49.4 Å². The molecule has 1 aliphatic rings. The Labute approximate surface area is 128 Å². The smallest absolute Gasteiger partial charge is 0.338 e. The van der Waals surface area contributed by atoms with E-state index in [0.29, 0.717) is 31.3 Å². The van der Waals surface area contributed by atoms with Crippen LogP contribution in [0.3, 0.4) is 0 Å². The second kappa shape index (κ2) is 6.77. The minimum Gasteiger partial charge on any atom is -0.462 e. The third kappa shape index (κ3) is 4.69. The summed E-state index contributed by atoms with van der Waals surface area (Å²) in [6.45, 7) is 3.38. The third-order valence-electron chi connectivity index (χ3n) is 3.36. The summed E-state index contributed by atoms with van der Waals surface area (Å²) in [4.78, 5) is 11.9. The van der Waals surface area contributed by atoms with E-state index in [-0.39, 0.29) is 10.5 Å². The predicted molar refractivity (Wildman–Crippen MR) is 78.0 cm³/mol. The van der Waals surface area contributed by atoms with Crippen molar-refractivity contribution in [3.8, 4) is 0 Å². The van der Waals surface area contributed by atoms with Crippen LogP contribution in [0.4, 0.5) is 0 Å². The van der Waals surface area contributed by atoms with Crippen LogP contribution in [-0.4, -0.2) is 34.2 Å². The maximum Gasteiger partial charge on any atom is 0.338 e. The molecule has 0 atom stereocenters. The number of benzene rings is 1. The number of rotatable bonds is 4. The molecule has 7 heteroatoms. The summed E-state index contributed by atoms with van der Waals surface area (Å²) >= 11 is 0. The van der Waals surface area contributed by atoms with E-state index in [9.17, 15) is 13.2 Å². The van der Waals surface area contributed by atoms with Gasteiger partial charge in [-0.2, -0.15) is 0 Å². The summed E-state index contributed by atoms with van der Waals surface area (Å²) in [5.41, 5.74) is 0.830. The van der Waals surface area contributed by atoms with Crippen molar-refractivity contribution in [3.05, 3.63) is 29.3 Å². The third-order valence-corrected chi connectivity index (χ3v) is 4.69. The van der Waals surface area contributed by atoms with Crippen molar-refractivity contribution in [2.45, 2.75) is 24.7 Å². The molecule has 116 valence electrons. The zero-order chi connectivity index (χ0) is 15.5. The molecule has 0 radical (unpaired) electrons. The summed E-state index contributed by atoms with van der Waals surface area (Å²) in [5.74, 6) is -0.240. The van der Waals surface area contributed by atoms with Crippen LogP contribution in [0.15, 0.2) is 23.1 Å². The number of carbonyl (C=O) groups excluding carboxylic acids is 1. The minimum atomic E-state index is -3.87. The van der Waals surface area contributed by atoms with Gasteiger partial charge in [-0.1, -0.05) is 0 Å². The van der Waals surface area contributed by atoms with E-state index in [0.717, 1.165) is 12.8 Å². The number of ether oxygens (including phenoxy) is 2. The van der Waals surface area contributed by atoms with Crippen molar-refractivity contribution in [3.63, 3.8) is 0 Å². The molecule has 1 fully saturated rings. The van der Waals surface area contributed by atoms with Gasteiger partial charge in [0.15, 0.2) is 0 Å². The summed E-state index contributed by atoms with van der Waals surface area (Å²) in [5, 5.41) is 0. The van der Waals surface area contributed by atoms with E-state index in [1.165, 1.54) is 12.1 Å². The summed E-state index contributed by atoms with van der Waals surface area (Å²) in [7, 11) is 1.44. The Morgan fingerprint density at radius 3 is 2.62 bits per heavy atom. The highest BCUT2D eigenvalue weighted by atomic mass is 35.7. The Kier molecular flexibility index (Phi) is 5.24. The number of hydrogen-bond donors (Lipinski definition) is 0. The van der Waals surface area contributed by atoms with Crippen LogP contribution in [0.5, 0.6) is 0 Å². The predicted octanol–water partition coefficient (Wildman–Crippen LogP) is 2.51. The van der Waals surface area contributed by atoms with Crippen molar-refractivity contribution in [1.82, 2.24) is 0 Å². The molecule has 1 saturated heterocycles. The Balaban J connectivity index is 2.06. The Bertz CT molecular complexity index is 620. The molecule has 5 nitrogen and oxygen atoms in total. The zero-order valence-corrected chi connectivity index (χ0v) is 13.2. The van der Waals surface area contributed by atoms with Crippen LogP contribution >= 0.6 is 10.7 Å². The van der Waals surface area contributed by atoms with Gasteiger partial charge in [-0.25, -0.2) is 13.2 Å². The van der Waals surface area contributed by atoms with Gasteiger partial charge >= 0.3 is 5.97 Å². The van der Waals surface area contributed by atoms with E-state index in [4.69, 9.17) is 20.2 Å². The Hall–Kier alpha value is -1.11. The van der Waals surface area contributed by atoms with Gasteiger partial charge < -0.3 is 9.47 Å². The first-order valence-corrected chi connectivity index (χ1v) is 8.98. The molecule has 0 saturated carbocycles. The van der Waals surface area contributed by atoms with Gasteiger partial charge in [-0.3, -0.25) is 0 Å². The lowest BCUT2D eigenvalue weighted by atomic mass is 10.0. The molecule has 0 aliphatic carbocycles. The van der Waals surface area contributed by atoms with E-state index in [1.54, 1.807) is 13.0 Å². The first kappa shape index (κ1) is 16.3. The highest BCUT2D eigenvalue weighted by Crippen LogP contribution is 2.20. The Morgan fingerprint density at radius 2 is 2.00 bits per heavy atom. The molecule has 1 aromatic rings. The second-order valence-electron chi connectivity index (χ2n) is 5.13. The molecule has 0 aromatic heterocycles. The van der Waals surface area contributed by atoms with Crippen LogP contribution in [0.2, 0.25) is 0 Å². The maximum absolute atomic E-state index is 12.0. The van der Waals surface area contributed by atoms with Gasteiger partial charge in [0, 0.05) is 23.9 Å². The molecule has 0 unspecified atom stereocenters. The Morgan fingerprint density at radius 1 is 1.33 bits per heavy atom. The summed E-state index contributed by atoms with van der Waals surface area (Å²) in [6, 6.07) is 4.23. The normalized spacial score (nSPS) is 16.7. The average molecular weight is 333 g/mol. The van der Waals surface area contributed by atoms with E-state index in [2.05, 4.69) is 0 Å². The molecule has 2 rings (SSSR count). The number of carbonyl (C=O) groups is 1. The second-order valence-corrected chi connectivity index (χ2v) is 7.69. The summed E-state index contributed by atoms with van der Waals surface area (Å²) < 4.78 is 33.2. The van der Waals surface area contributed by atoms with Gasteiger partial charge in [0.25, 0.3) is 9.05 Å². The zero-order valence-electron chi connectivity index (χ0n) is 11.7. The van der Waals surface area contributed by atoms with Crippen LogP contribution in [-0.2, 0) is 18.5 Å². The molecule has 21 heavy (non-hydrogen) atoms. The molecule has 1 aliphatic heterocycles. The molecular formula is C14H17ClO5S. The van der Waals surface area contributed by atoms with Crippen molar-refractivity contribution in [2.75, 3.05) is 19.8 Å². The van der Waals surface area contributed by atoms with Crippen LogP contribution in [0.25, 0.3) is 0 Å². The quantitative estimate of drug-likeness (QED) is 0.626. The molecule has 0 spiro atoms. The van der Waals surface area contributed by atoms with E-state index < -0.39 is 15.0 Å². The highest BCUT2D eigenvalue weighted by Gasteiger charge is 2.19. The molecule has 1 aromatic carbocycles. The lowest BCUT2D eigenvalue weighted by Crippen LogP contribution is -2.22. The maximum atomic E-state index is 12.0. The lowest BCUT2D eigenvalue weighted by Gasteiger charge is -2.21. The first-order chi connectivity index (χ1) is 9.86. The topological polar surface area (TPSA) is 69.7 Å². The molecule has 0 amide bonds. The number of hydrogen-bond acceptors (Lipinski definition) is 5. The van der Waals surface area contributed by atoms with Crippen LogP contribution in [0, 0.1) is 12.8 Å². The fourth-order valence-corrected chi connectivity index (χ4v) is 3.06. The molecular weight excluding hydrogens is 316 g/mol. The lowest BCUT2D eigenvalue weighted by molar-refractivity contribution is 0.0185. The van der Waals surface area contributed by atoms with Crippen LogP contribution < -0.4 is 0 Å². The first-order valence-electron chi connectivity index (χ1n) is 6.67.